The summed E-state index contributed by atoms with van der Waals surface area (Å²) in [5, 5.41) is 6.72. The van der Waals surface area contributed by atoms with E-state index in [-0.39, 0.29) is 22.7 Å². The lowest BCUT2D eigenvalue weighted by Gasteiger charge is -2.09. The lowest BCUT2D eigenvalue weighted by atomic mass is 10.1. The molecule has 1 aromatic carbocycles. The summed E-state index contributed by atoms with van der Waals surface area (Å²) in [6.07, 6.45) is 0. The zero-order valence-corrected chi connectivity index (χ0v) is 19.1. The van der Waals surface area contributed by atoms with Crippen LogP contribution in [0, 0.1) is 12.7 Å². The van der Waals surface area contributed by atoms with Crippen molar-refractivity contribution in [2.75, 3.05) is 25.1 Å². The van der Waals surface area contributed by atoms with Gasteiger partial charge in [-0.15, -0.1) is 11.3 Å². The first-order chi connectivity index (χ1) is 16.3. The lowest BCUT2D eigenvalue weighted by molar-refractivity contribution is -0.146. The van der Waals surface area contributed by atoms with E-state index in [1.54, 1.807) is 31.4 Å². The molecule has 0 saturated carbocycles. The number of nitrogens with one attached hydrogen (secondary N) is 2. The van der Waals surface area contributed by atoms with Crippen LogP contribution < -0.4 is 10.6 Å². The minimum absolute atomic E-state index is 0.132. The second-order valence-electron chi connectivity index (χ2n) is 6.88. The molecule has 9 nitrogen and oxygen atoms in total. The maximum Gasteiger partial charge on any atom is 0.341 e. The molecule has 0 aliphatic rings. The molecule has 3 rings (SSSR count). The van der Waals surface area contributed by atoms with E-state index in [4.69, 9.17) is 13.9 Å². The van der Waals surface area contributed by atoms with Crippen molar-refractivity contribution >= 4 is 40.1 Å². The Labute approximate surface area is 197 Å². The smallest absolute Gasteiger partial charge is 0.341 e. The summed E-state index contributed by atoms with van der Waals surface area (Å²) in [4.78, 5) is 48.6. The van der Waals surface area contributed by atoms with Crippen molar-refractivity contribution in [1.29, 1.82) is 0 Å². The van der Waals surface area contributed by atoms with Crippen LogP contribution >= 0.6 is 11.3 Å². The molecule has 34 heavy (non-hydrogen) atoms. The third kappa shape index (κ3) is 6.29. The van der Waals surface area contributed by atoms with Crippen LogP contribution in [-0.2, 0) is 19.1 Å². The molecular weight excluding hydrogens is 467 g/mol. The maximum absolute atomic E-state index is 12.9. The zero-order chi connectivity index (χ0) is 24.7. The van der Waals surface area contributed by atoms with Crippen molar-refractivity contribution in [2.45, 2.75) is 13.8 Å². The molecule has 3 aromatic rings. The zero-order valence-electron chi connectivity index (χ0n) is 18.3. The normalized spacial score (nSPS) is 10.4. The van der Waals surface area contributed by atoms with Crippen LogP contribution in [0.4, 0.5) is 9.39 Å². The fourth-order valence-corrected chi connectivity index (χ4v) is 3.79. The van der Waals surface area contributed by atoms with Gasteiger partial charge in [0.05, 0.1) is 6.61 Å². The number of hydrogen-bond acceptors (Lipinski definition) is 8. The summed E-state index contributed by atoms with van der Waals surface area (Å²) in [6.45, 7) is 2.44. The van der Waals surface area contributed by atoms with Crippen molar-refractivity contribution < 1.29 is 37.5 Å². The molecule has 2 amide bonds. The molecule has 0 atom stereocenters. The van der Waals surface area contributed by atoms with Gasteiger partial charge in [0.2, 0.25) is 0 Å². The highest BCUT2D eigenvalue weighted by molar-refractivity contribution is 7.15. The number of carbonyl (C=O) groups excluding carboxylic acids is 4. The third-order valence-electron chi connectivity index (χ3n) is 4.39. The highest BCUT2D eigenvalue weighted by Gasteiger charge is 2.24. The van der Waals surface area contributed by atoms with Crippen LogP contribution in [0.3, 0.4) is 0 Å². The van der Waals surface area contributed by atoms with Crippen LogP contribution in [0.2, 0.25) is 0 Å². The van der Waals surface area contributed by atoms with Gasteiger partial charge in [-0.25, -0.2) is 9.18 Å². The quantitative estimate of drug-likeness (QED) is 0.442. The van der Waals surface area contributed by atoms with Gasteiger partial charge in [0.15, 0.2) is 6.61 Å². The molecule has 0 saturated heterocycles. The first-order valence-electron chi connectivity index (χ1n) is 10.1. The number of hydrogen-bond donors (Lipinski definition) is 2. The molecule has 11 heteroatoms. The standard InChI is InChI=1S/C23H21FN2O7S/c1-3-31-23(30)20-16(17-9-4-13(2)33-17)12-34-22(20)26-18(27)11-32-19(28)10-25-21(29)14-5-7-15(24)8-6-14/h4-9,12H,3,10-11H2,1-2H3,(H,25,29)(H,26,27). The largest absolute Gasteiger partial charge is 0.462 e. The van der Waals surface area contributed by atoms with Crippen LogP contribution in [0.15, 0.2) is 46.2 Å². The Bertz CT molecular complexity index is 1200. The van der Waals surface area contributed by atoms with E-state index in [2.05, 4.69) is 10.6 Å². The first-order valence-corrected chi connectivity index (χ1v) is 11.0. The fourth-order valence-electron chi connectivity index (χ4n) is 2.83. The van der Waals surface area contributed by atoms with E-state index in [9.17, 15) is 23.6 Å². The Hall–Kier alpha value is -3.99. The second-order valence-corrected chi connectivity index (χ2v) is 7.76. The first kappa shape index (κ1) is 24.6. The summed E-state index contributed by atoms with van der Waals surface area (Å²) in [5.41, 5.74) is 0.762. The molecular formula is C23H21FN2O7S. The molecule has 178 valence electrons. The number of esters is 2. The van der Waals surface area contributed by atoms with E-state index >= 15 is 0 Å². The number of amides is 2. The summed E-state index contributed by atoms with van der Waals surface area (Å²) < 4.78 is 28.5. The molecule has 0 aliphatic carbocycles. The number of anilines is 1. The topological polar surface area (TPSA) is 124 Å². The fraction of sp³-hybridized carbons (Fsp3) is 0.217. The Morgan fingerprint density at radius 3 is 2.44 bits per heavy atom. The van der Waals surface area contributed by atoms with Crippen LogP contribution in [0.5, 0.6) is 0 Å². The minimum atomic E-state index is -0.853. The van der Waals surface area contributed by atoms with Crippen LogP contribution in [0.1, 0.15) is 33.4 Å². The SMILES string of the molecule is CCOC(=O)c1c(-c2ccc(C)o2)csc1NC(=O)COC(=O)CNC(=O)c1ccc(F)cc1. The van der Waals surface area contributed by atoms with Gasteiger partial charge in [0.1, 0.15) is 34.4 Å². The van der Waals surface area contributed by atoms with Gasteiger partial charge in [-0.3, -0.25) is 14.4 Å². The number of rotatable bonds is 9. The maximum atomic E-state index is 12.9. The predicted octanol–water partition coefficient (Wildman–Crippen LogP) is 3.54. The minimum Gasteiger partial charge on any atom is -0.462 e. The van der Waals surface area contributed by atoms with E-state index in [1.165, 1.54) is 12.1 Å². The number of thiophene rings is 1. The second kappa shape index (κ2) is 11.2. The van der Waals surface area contributed by atoms with Crippen molar-refractivity contribution in [2.24, 2.45) is 0 Å². The number of ether oxygens (including phenoxy) is 2. The summed E-state index contributed by atoms with van der Waals surface area (Å²) >= 11 is 1.09. The van der Waals surface area contributed by atoms with Gasteiger partial charge in [-0.2, -0.15) is 0 Å². The molecule has 0 radical (unpaired) electrons. The number of benzene rings is 1. The lowest BCUT2D eigenvalue weighted by Crippen LogP contribution is -2.32. The van der Waals surface area contributed by atoms with Gasteiger partial charge in [-0.1, -0.05) is 0 Å². The number of halogens is 1. The molecule has 2 heterocycles. The van der Waals surface area contributed by atoms with Gasteiger partial charge in [-0.05, 0) is 50.2 Å². The average molecular weight is 488 g/mol. The summed E-state index contributed by atoms with van der Waals surface area (Å²) in [7, 11) is 0. The van der Waals surface area contributed by atoms with Crippen LogP contribution in [-0.4, -0.2) is 43.5 Å². The summed E-state index contributed by atoms with van der Waals surface area (Å²) in [5.74, 6) is -2.17. The highest BCUT2D eigenvalue weighted by atomic mass is 32.1. The van der Waals surface area contributed by atoms with E-state index < -0.39 is 42.7 Å². The summed E-state index contributed by atoms with van der Waals surface area (Å²) in [6, 6.07) is 8.21. The molecule has 0 aliphatic heterocycles. The van der Waals surface area contributed by atoms with Crippen molar-refractivity contribution in [1.82, 2.24) is 5.32 Å². The van der Waals surface area contributed by atoms with Gasteiger partial charge < -0.3 is 24.5 Å². The van der Waals surface area contributed by atoms with Gasteiger partial charge >= 0.3 is 11.9 Å². The van der Waals surface area contributed by atoms with Gasteiger partial charge in [0, 0.05) is 16.5 Å². The Morgan fingerprint density at radius 2 is 1.79 bits per heavy atom. The van der Waals surface area contributed by atoms with E-state index in [0.717, 1.165) is 23.5 Å². The highest BCUT2D eigenvalue weighted by Crippen LogP contribution is 2.37. The van der Waals surface area contributed by atoms with Crippen molar-refractivity contribution in [3.8, 4) is 11.3 Å². The molecule has 0 fully saturated rings. The number of furan rings is 1. The van der Waals surface area contributed by atoms with E-state index in [0.29, 0.717) is 17.1 Å². The van der Waals surface area contributed by atoms with Gasteiger partial charge in [0.25, 0.3) is 11.8 Å². The average Bonchev–Trinajstić information content (AvgIpc) is 3.42. The van der Waals surface area contributed by atoms with E-state index in [1.807, 2.05) is 0 Å². The van der Waals surface area contributed by atoms with Crippen molar-refractivity contribution in [3.05, 3.63) is 64.5 Å². The third-order valence-corrected chi connectivity index (χ3v) is 5.29. The molecule has 0 unspecified atom stereocenters. The molecule has 0 bridgehead atoms. The monoisotopic (exact) mass is 488 g/mol. The van der Waals surface area contributed by atoms with Crippen molar-refractivity contribution in [3.63, 3.8) is 0 Å². The number of carbonyl (C=O) groups is 4. The predicted molar refractivity (Wildman–Crippen MR) is 121 cm³/mol. The Balaban J connectivity index is 1.57. The van der Waals surface area contributed by atoms with Crippen LogP contribution in [0.25, 0.3) is 11.3 Å². The molecule has 2 N–H and O–H groups in total. The molecule has 0 spiro atoms. The Morgan fingerprint density at radius 1 is 1.06 bits per heavy atom. The number of aryl methyl sites for hydroxylation is 1. The Kier molecular flexibility index (Phi) is 8.14. The molecule has 2 aromatic heterocycles.